The van der Waals surface area contributed by atoms with Crippen molar-refractivity contribution in [3.8, 4) is 0 Å². The van der Waals surface area contributed by atoms with E-state index in [1.54, 1.807) is 19.6 Å². The summed E-state index contributed by atoms with van der Waals surface area (Å²) in [6.07, 6.45) is 3.51. The smallest absolute Gasteiger partial charge is 0.100 e. The molecule has 3 rings (SSSR count). The van der Waals surface area contributed by atoms with Crippen LogP contribution in [0.1, 0.15) is 29.8 Å². The molecule has 3 heterocycles. The van der Waals surface area contributed by atoms with Crippen molar-refractivity contribution in [2.75, 3.05) is 20.3 Å². The van der Waals surface area contributed by atoms with Gasteiger partial charge in [0, 0.05) is 44.8 Å². The number of fused-ring (bicyclic) bond motifs is 1. The highest BCUT2D eigenvalue weighted by Gasteiger charge is 2.30. The third-order valence-corrected chi connectivity index (χ3v) is 3.74. The zero-order chi connectivity index (χ0) is 13.9. The average molecular weight is 276 g/mol. The van der Waals surface area contributed by atoms with E-state index in [1.165, 1.54) is 11.3 Å². The van der Waals surface area contributed by atoms with Gasteiger partial charge in [-0.15, -0.1) is 5.10 Å². The van der Waals surface area contributed by atoms with E-state index in [0.29, 0.717) is 12.5 Å². The topological polar surface area (TPSA) is 56.3 Å². The molecule has 6 heteroatoms. The molecule has 108 valence electrons. The predicted octanol–water partition coefficient (Wildman–Crippen LogP) is 1.64. The Kier molecular flexibility index (Phi) is 3.84. The van der Waals surface area contributed by atoms with Gasteiger partial charge in [-0.2, -0.15) is 0 Å². The van der Waals surface area contributed by atoms with Gasteiger partial charge in [0.2, 0.25) is 0 Å². The summed E-state index contributed by atoms with van der Waals surface area (Å²) in [6.45, 7) is 6.30. The van der Waals surface area contributed by atoms with E-state index < -0.39 is 0 Å². The van der Waals surface area contributed by atoms with Crippen LogP contribution >= 0.6 is 0 Å². The molecular formula is C14H20N4O2. The third kappa shape index (κ3) is 2.48. The third-order valence-electron chi connectivity index (χ3n) is 3.74. The molecule has 1 aliphatic rings. The van der Waals surface area contributed by atoms with Crippen LogP contribution in [0, 0.1) is 0 Å². The van der Waals surface area contributed by atoms with Crippen LogP contribution < -0.4 is 0 Å². The average Bonchev–Trinajstić information content (AvgIpc) is 3.08. The largest absolute Gasteiger partial charge is 0.472 e. The number of ether oxygens (including phenoxy) is 1. The summed E-state index contributed by atoms with van der Waals surface area (Å²) in [7, 11) is 1.74. The molecule has 0 aliphatic carbocycles. The van der Waals surface area contributed by atoms with Crippen molar-refractivity contribution in [1.29, 1.82) is 0 Å². The second-order valence-electron chi connectivity index (χ2n) is 5.19. The number of aryl methyl sites for hydroxylation is 1. The molecule has 0 radical (unpaired) electrons. The molecule has 0 bridgehead atoms. The van der Waals surface area contributed by atoms with Crippen LogP contribution in [0.25, 0.3) is 0 Å². The summed E-state index contributed by atoms with van der Waals surface area (Å²) in [5, 5.41) is 8.58. The number of rotatable bonds is 5. The maximum Gasteiger partial charge on any atom is 0.100 e. The summed E-state index contributed by atoms with van der Waals surface area (Å²) in [6, 6.07) is 2.00. The Morgan fingerprint density at radius 2 is 2.40 bits per heavy atom. The lowest BCUT2D eigenvalue weighted by Gasteiger charge is -2.31. The highest BCUT2D eigenvalue weighted by Crippen LogP contribution is 2.28. The Morgan fingerprint density at radius 3 is 3.10 bits per heavy atom. The fraction of sp³-hybridized carbons (Fsp3) is 0.571. The summed E-state index contributed by atoms with van der Waals surface area (Å²) < 4.78 is 12.5. The molecule has 6 nitrogen and oxygen atoms in total. The molecular weight excluding hydrogens is 256 g/mol. The van der Waals surface area contributed by atoms with Crippen molar-refractivity contribution in [3.05, 3.63) is 35.5 Å². The van der Waals surface area contributed by atoms with Crippen molar-refractivity contribution in [1.82, 2.24) is 19.9 Å². The lowest BCUT2D eigenvalue weighted by atomic mass is 9.98. The van der Waals surface area contributed by atoms with Crippen molar-refractivity contribution >= 4 is 0 Å². The molecule has 0 amide bonds. The first-order valence-electron chi connectivity index (χ1n) is 6.96. The van der Waals surface area contributed by atoms with Crippen molar-refractivity contribution in [2.24, 2.45) is 0 Å². The molecule has 2 aromatic rings. The zero-order valence-electron chi connectivity index (χ0n) is 12.0. The van der Waals surface area contributed by atoms with Gasteiger partial charge in [-0.3, -0.25) is 4.90 Å². The quantitative estimate of drug-likeness (QED) is 0.831. The van der Waals surface area contributed by atoms with Crippen LogP contribution in [0.5, 0.6) is 0 Å². The fourth-order valence-electron chi connectivity index (χ4n) is 2.92. The van der Waals surface area contributed by atoms with Gasteiger partial charge in [-0.25, -0.2) is 4.68 Å². The molecule has 1 aliphatic heterocycles. The van der Waals surface area contributed by atoms with Gasteiger partial charge in [0.05, 0.1) is 24.8 Å². The molecule has 0 N–H and O–H groups in total. The first kappa shape index (κ1) is 13.3. The van der Waals surface area contributed by atoms with Crippen LogP contribution in [-0.2, 0) is 24.4 Å². The number of furan rings is 1. The minimum absolute atomic E-state index is 0.325. The molecule has 0 spiro atoms. The van der Waals surface area contributed by atoms with Crippen molar-refractivity contribution in [2.45, 2.75) is 32.5 Å². The van der Waals surface area contributed by atoms with Crippen LogP contribution in [0.3, 0.4) is 0 Å². The monoisotopic (exact) mass is 276 g/mol. The Balaban J connectivity index is 1.81. The predicted molar refractivity (Wildman–Crippen MR) is 73.1 cm³/mol. The van der Waals surface area contributed by atoms with Crippen LogP contribution in [0.4, 0.5) is 0 Å². The van der Waals surface area contributed by atoms with Crippen LogP contribution in [0.15, 0.2) is 23.0 Å². The van der Waals surface area contributed by atoms with Gasteiger partial charge in [-0.1, -0.05) is 5.21 Å². The van der Waals surface area contributed by atoms with Gasteiger partial charge in [0.15, 0.2) is 0 Å². The van der Waals surface area contributed by atoms with E-state index in [-0.39, 0.29) is 0 Å². The number of hydrogen-bond donors (Lipinski definition) is 0. The van der Waals surface area contributed by atoms with Crippen LogP contribution in [0.2, 0.25) is 0 Å². The molecule has 0 aromatic carbocycles. The lowest BCUT2D eigenvalue weighted by Crippen LogP contribution is -2.35. The minimum atomic E-state index is 0.325. The van der Waals surface area contributed by atoms with E-state index >= 15 is 0 Å². The molecule has 0 unspecified atom stereocenters. The number of hydrogen-bond acceptors (Lipinski definition) is 5. The Morgan fingerprint density at radius 1 is 1.50 bits per heavy atom. The second kappa shape index (κ2) is 5.76. The SMILES string of the molecule is CCn1nnc2c1[C@@H](COC)CN(Cc1ccoc1)C2. The maximum atomic E-state index is 5.38. The summed E-state index contributed by atoms with van der Waals surface area (Å²) in [5.41, 5.74) is 3.49. The standard InChI is InChI=1S/C14H20N4O2/c1-3-18-14-12(10-19-2)7-17(8-13(14)15-16-18)6-11-4-5-20-9-11/h4-5,9,12H,3,6-8,10H2,1-2H3/t12-/m1/s1. The molecule has 2 aromatic heterocycles. The zero-order valence-corrected chi connectivity index (χ0v) is 12.0. The van der Waals surface area contributed by atoms with E-state index in [2.05, 4.69) is 22.1 Å². The van der Waals surface area contributed by atoms with Gasteiger partial charge in [0.25, 0.3) is 0 Å². The molecule has 0 fully saturated rings. The van der Waals surface area contributed by atoms with Gasteiger partial charge >= 0.3 is 0 Å². The molecule has 0 saturated heterocycles. The first-order chi connectivity index (χ1) is 9.81. The summed E-state index contributed by atoms with van der Waals surface area (Å²) in [4.78, 5) is 2.37. The van der Waals surface area contributed by atoms with Crippen LogP contribution in [-0.4, -0.2) is 40.2 Å². The highest BCUT2D eigenvalue weighted by atomic mass is 16.5. The van der Waals surface area contributed by atoms with Crippen molar-refractivity contribution < 1.29 is 9.15 Å². The van der Waals surface area contributed by atoms with Gasteiger partial charge in [0.1, 0.15) is 5.69 Å². The molecule has 0 saturated carbocycles. The van der Waals surface area contributed by atoms with E-state index in [1.807, 2.05) is 10.7 Å². The summed E-state index contributed by atoms with van der Waals surface area (Å²) in [5.74, 6) is 0.325. The highest BCUT2D eigenvalue weighted by molar-refractivity contribution is 5.20. The minimum Gasteiger partial charge on any atom is -0.472 e. The molecule has 20 heavy (non-hydrogen) atoms. The van der Waals surface area contributed by atoms with E-state index in [4.69, 9.17) is 9.15 Å². The first-order valence-corrected chi connectivity index (χ1v) is 6.96. The Bertz CT molecular complexity index is 550. The second-order valence-corrected chi connectivity index (χ2v) is 5.19. The van der Waals surface area contributed by atoms with E-state index in [9.17, 15) is 0 Å². The number of methoxy groups -OCH3 is 1. The van der Waals surface area contributed by atoms with Gasteiger partial charge in [-0.05, 0) is 13.0 Å². The number of aromatic nitrogens is 3. The normalized spacial score (nSPS) is 19.2. The molecule has 1 atom stereocenters. The van der Waals surface area contributed by atoms with Gasteiger partial charge < -0.3 is 9.15 Å². The Hall–Kier alpha value is -1.66. The fourth-order valence-corrected chi connectivity index (χ4v) is 2.92. The van der Waals surface area contributed by atoms with E-state index in [0.717, 1.165) is 31.9 Å². The van der Waals surface area contributed by atoms with Crippen molar-refractivity contribution in [3.63, 3.8) is 0 Å². The lowest BCUT2D eigenvalue weighted by molar-refractivity contribution is 0.131. The Labute approximate surface area is 118 Å². The number of nitrogens with zero attached hydrogens (tertiary/aromatic N) is 4. The summed E-state index contributed by atoms with van der Waals surface area (Å²) >= 11 is 0. The maximum absolute atomic E-state index is 5.38.